The molecule has 0 spiro atoms. The molecule has 0 aliphatic heterocycles. The van der Waals surface area contributed by atoms with E-state index in [1.807, 2.05) is 5.43 Å². The summed E-state index contributed by atoms with van der Waals surface area (Å²) in [6, 6.07) is 6.41. The number of ether oxygens (including phenoxy) is 1. The summed E-state index contributed by atoms with van der Waals surface area (Å²) in [4.78, 5) is 8.51. The van der Waals surface area contributed by atoms with Crippen LogP contribution in [0.5, 0.6) is 5.75 Å². The van der Waals surface area contributed by atoms with Gasteiger partial charge in [-0.3, -0.25) is 10.9 Å². The first kappa shape index (κ1) is 24.4. The van der Waals surface area contributed by atoms with E-state index in [-0.39, 0.29) is 35.1 Å². The second-order valence-electron chi connectivity index (χ2n) is 7.76. The number of nitrogens with zero attached hydrogens (tertiary/aromatic N) is 2. The predicted molar refractivity (Wildman–Crippen MR) is 114 cm³/mol. The van der Waals surface area contributed by atoms with Crippen molar-refractivity contribution in [2.45, 2.75) is 38.1 Å². The predicted octanol–water partition coefficient (Wildman–Crippen LogP) is 6.39. The van der Waals surface area contributed by atoms with Gasteiger partial charge in [-0.25, -0.2) is 22.5 Å². The fraction of sp³-hybridized carbons (Fsp3) is 0.273. The quantitative estimate of drug-likeness (QED) is 0.198. The number of hydrogen-bond acceptors (Lipinski definition) is 6. The van der Waals surface area contributed by atoms with Gasteiger partial charge in [0, 0.05) is 23.7 Å². The smallest absolute Gasteiger partial charge is 0.406 e. The van der Waals surface area contributed by atoms with Gasteiger partial charge in [0.25, 0.3) is 0 Å². The van der Waals surface area contributed by atoms with Crippen molar-refractivity contribution in [3.05, 3.63) is 59.7 Å². The molecule has 4 rings (SSSR count). The highest BCUT2D eigenvalue weighted by Gasteiger charge is 2.31. The molecule has 1 aromatic heterocycles. The molecule has 0 atom stereocenters. The maximum atomic E-state index is 14.0. The average Bonchev–Trinajstić information content (AvgIpc) is 3.30. The molecule has 3 aromatic rings. The van der Waals surface area contributed by atoms with Crippen LogP contribution in [0.2, 0.25) is 0 Å². The summed E-state index contributed by atoms with van der Waals surface area (Å²) in [5.41, 5.74) is 3.66. The minimum absolute atomic E-state index is 0.0539. The number of nitrogens with one attached hydrogen (secondary N) is 3. The average molecular weight is 501 g/mol. The highest BCUT2D eigenvalue weighted by molar-refractivity contribution is 5.66. The highest BCUT2D eigenvalue weighted by atomic mass is 19.4. The number of anilines is 3. The second kappa shape index (κ2) is 9.84. The third-order valence-electron chi connectivity index (χ3n) is 5.21. The Balaban J connectivity index is 1.66. The Morgan fingerprint density at radius 1 is 0.857 bits per heavy atom. The molecule has 13 heteroatoms. The summed E-state index contributed by atoms with van der Waals surface area (Å²) in [6.45, 7) is 0. The largest absolute Gasteiger partial charge is 0.573 e. The van der Waals surface area contributed by atoms with Gasteiger partial charge in [0.15, 0.2) is 29.1 Å². The molecule has 35 heavy (non-hydrogen) atoms. The molecule has 3 N–H and O–H groups in total. The molecule has 6 nitrogen and oxygen atoms in total. The molecule has 186 valence electrons. The molecule has 1 fully saturated rings. The lowest BCUT2D eigenvalue weighted by atomic mass is 10.1. The SMILES string of the molecule is Fc1cc(F)c(F)c(NNc2cc(-c3cccc(OC(F)(F)F)c3)nc(NC3CCCC3)n2)c1F. The zero-order valence-electron chi connectivity index (χ0n) is 17.8. The Hall–Kier alpha value is -3.77. The summed E-state index contributed by atoms with van der Waals surface area (Å²) >= 11 is 0. The van der Waals surface area contributed by atoms with Gasteiger partial charge in [0.05, 0.1) is 5.69 Å². The molecular weight excluding hydrogens is 483 g/mol. The van der Waals surface area contributed by atoms with E-state index in [9.17, 15) is 30.7 Å². The van der Waals surface area contributed by atoms with Crippen LogP contribution < -0.4 is 20.9 Å². The Morgan fingerprint density at radius 3 is 2.20 bits per heavy atom. The van der Waals surface area contributed by atoms with Crippen molar-refractivity contribution in [3.63, 3.8) is 0 Å². The standard InChI is InChI=1S/C22H18F7N5O/c23-14-9-15(24)19(26)20(18(14)25)34-33-17-10-16(31-21(32-17)30-12-5-1-2-6-12)11-4-3-7-13(8-11)35-22(27,28)29/h3-4,7-10,12,34H,1-2,5-6H2,(H2,30,31,32,33). The van der Waals surface area contributed by atoms with Gasteiger partial charge in [-0.1, -0.05) is 25.0 Å². The van der Waals surface area contributed by atoms with E-state index >= 15 is 0 Å². The monoisotopic (exact) mass is 501 g/mol. The van der Waals surface area contributed by atoms with E-state index in [4.69, 9.17) is 0 Å². The van der Waals surface area contributed by atoms with Crippen LogP contribution >= 0.6 is 0 Å². The number of benzene rings is 2. The summed E-state index contributed by atoms with van der Waals surface area (Å²) in [7, 11) is 0. The van der Waals surface area contributed by atoms with Crippen LogP contribution in [0.15, 0.2) is 36.4 Å². The zero-order chi connectivity index (χ0) is 25.2. The van der Waals surface area contributed by atoms with Crippen molar-refractivity contribution in [2.75, 3.05) is 16.2 Å². The first-order valence-corrected chi connectivity index (χ1v) is 10.5. The molecule has 1 aliphatic rings. The lowest BCUT2D eigenvalue weighted by Crippen LogP contribution is -2.19. The van der Waals surface area contributed by atoms with E-state index in [1.165, 1.54) is 18.2 Å². The van der Waals surface area contributed by atoms with E-state index in [0.29, 0.717) is 0 Å². The fourth-order valence-corrected chi connectivity index (χ4v) is 3.64. The van der Waals surface area contributed by atoms with Crippen molar-refractivity contribution < 1.29 is 35.5 Å². The van der Waals surface area contributed by atoms with E-state index in [1.54, 1.807) is 0 Å². The molecule has 0 amide bonds. The lowest BCUT2D eigenvalue weighted by molar-refractivity contribution is -0.274. The highest BCUT2D eigenvalue weighted by Crippen LogP contribution is 2.30. The van der Waals surface area contributed by atoms with E-state index in [0.717, 1.165) is 37.8 Å². The van der Waals surface area contributed by atoms with Crippen LogP contribution in [-0.4, -0.2) is 22.4 Å². The topological polar surface area (TPSA) is 71.1 Å². The minimum Gasteiger partial charge on any atom is -0.406 e. The first-order chi connectivity index (χ1) is 16.6. The number of halogens is 7. The Kier molecular flexibility index (Phi) is 6.85. The van der Waals surface area contributed by atoms with Crippen LogP contribution in [0.25, 0.3) is 11.3 Å². The van der Waals surface area contributed by atoms with Crippen molar-refractivity contribution >= 4 is 17.5 Å². The Bertz CT molecular complexity index is 1190. The number of hydrogen-bond donors (Lipinski definition) is 3. The molecular formula is C22H18F7N5O. The fourth-order valence-electron chi connectivity index (χ4n) is 3.64. The van der Waals surface area contributed by atoms with Gasteiger partial charge in [-0.2, -0.15) is 4.98 Å². The maximum absolute atomic E-state index is 14.0. The molecule has 1 saturated carbocycles. The number of rotatable bonds is 7. The van der Waals surface area contributed by atoms with Crippen LogP contribution in [0.3, 0.4) is 0 Å². The molecule has 2 aromatic carbocycles. The third kappa shape index (κ3) is 6.03. The van der Waals surface area contributed by atoms with Crippen LogP contribution in [-0.2, 0) is 0 Å². The summed E-state index contributed by atoms with van der Waals surface area (Å²) in [5.74, 6) is -7.01. The van der Waals surface area contributed by atoms with Crippen molar-refractivity contribution in [2.24, 2.45) is 0 Å². The molecule has 1 aliphatic carbocycles. The van der Waals surface area contributed by atoms with Crippen LogP contribution in [0.1, 0.15) is 25.7 Å². The van der Waals surface area contributed by atoms with Gasteiger partial charge in [0.2, 0.25) is 5.95 Å². The normalized spacial score (nSPS) is 14.1. The molecule has 0 radical (unpaired) electrons. The van der Waals surface area contributed by atoms with Gasteiger partial charge >= 0.3 is 6.36 Å². The van der Waals surface area contributed by atoms with Gasteiger partial charge in [0.1, 0.15) is 11.4 Å². The summed E-state index contributed by atoms with van der Waals surface area (Å²) in [6.07, 6.45) is -1.22. The Morgan fingerprint density at radius 2 is 1.54 bits per heavy atom. The summed E-state index contributed by atoms with van der Waals surface area (Å²) < 4.78 is 96.8. The molecule has 0 unspecified atom stereocenters. The summed E-state index contributed by atoms with van der Waals surface area (Å²) in [5, 5.41) is 3.11. The second-order valence-corrected chi connectivity index (χ2v) is 7.76. The van der Waals surface area contributed by atoms with Gasteiger partial charge in [-0.05, 0) is 25.0 Å². The number of hydrazine groups is 1. The molecule has 1 heterocycles. The minimum atomic E-state index is -4.90. The maximum Gasteiger partial charge on any atom is 0.573 e. The first-order valence-electron chi connectivity index (χ1n) is 10.5. The van der Waals surface area contributed by atoms with E-state index < -0.39 is 41.1 Å². The van der Waals surface area contributed by atoms with Crippen molar-refractivity contribution in [1.29, 1.82) is 0 Å². The van der Waals surface area contributed by atoms with Crippen LogP contribution in [0, 0.1) is 23.3 Å². The van der Waals surface area contributed by atoms with Gasteiger partial charge in [-0.15, -0.1) is 13.2 Å². The molecule has 0 bridgehead atoms. The van der Waals surface area contributed by atoms with Crippen LogP contribution in [0.4, 0.5) is 48.2 Å². The third-order valence-corrected chi connectivity index (χ3v) is 5.21. The number of aromatic nitrogens is 2. The zero-order valence-corrected chi connectivity index (χ0v) is 17.8. The van der Waals surface area contributed by atoms with Gasteiger partial charge < -0.3 is 10.1 Å². The molecule has 0 saturated heterocycles. The number of alkyl halides is 3. The van der Waals surface area contributed by atoms with E-state index in [2.05, 4.69) is 25.4 Å². The van der Waals surface area contributed by atoms with Crippen molar-refractivity contribution in [3.8, 4) is 17.0 Å². The lowest BCUT2D eigenvalue weighted by Gasteiger charge is -2.16. The Labute approximate surface area is 194 Å². The van der Waals surface area contributed by atoms with Crippen molar-refractivity contribution in [1.82, 2.24) is 9.97 Å².